The molecular weight excluding hydrogens is 384 g/mol. The van der Waals surface area contributed by atoms with Crippen molar-refractivity contribution >= 4 is 34.2 Å². The average Bonchev–Trinajstić information content (AvgIpc) is 3.14. The number of carbonyl (C=O) groups is 1. The van der Waals surface area contributed by atoms with Crippen molar-refractivity contribution in [2.45, 2.75) is 30.8 Å². The summed E-state index contributed by atoms with van der Waals surface area (Å²) < 4.78 is 3.38. The van der Waals surface area contributed by atoms with Crippen molar-refractivity contribution < 1.29 is 4.79 Å². The second kappa shape index (κ2) is 7.67. The number of carbonyl (C=O) groups excluding carboxylic acids is 1. The molecule has 0 bridgehead atoms. The van der Waals surface area contributed by atoms with Gasteiger partial charge in [0.2, 0.25) is 5.78 Å². The number of nitrogens with zero attached hydrogens (tertiary/aromatic N) is 4. The molecule has 4 rings (SSSR count). The van der Waals surface area contributed by atoms with E-state index in [1.165, 1.54) is 11.8 Å². The van der Waals surface area contributed by atoms with Crippen molar-refractivity contribution in [2.75, 3.05) is 0 Å². The minimum Gasteiger partial charge on any atom is -0.293 e. The van der Waals surface area contributed by atoms with Gasteiger partial charge in [-0.2, -0.15) is 0 Å². The molecule has 7 heteroatoms. The van der Waals surface area contributed by atoms with Gasteiger partial charge in [-0.1, -0.05) is 59.8 Å². The smallest absolute Gasteiger partial charge is 0.263 e. The summed E-state index contributed by atoms with van der Waals surface area (Å²) in [5, 5.41) is 9.31. The second-order valence-corrected chi connectivity index (χ2v) is 8.14. The molecule has 0 N–H and O–H groups in total. The lowest BCUT2D eigenvalue weighted by atomic mass is 10.1. The number of thioether (sulfide) groups is 1. The summed E-state index contributed by atoms with van der Waals surface area (Å²) >= 11 is 1.33. The van der Waals surface area contributed by atoms with E-state index in [4.69, 9.17) is 0 Å². The van der Waals surface area contributed by atoms with Gasteiger partial charge in [0, 0.05) is 12.1 Å². The monoisotopic (exact) mass is 404 g/mol. The topological polar surface area (TPSA) is 69.3 Å². The number of aryl methyl sites for hydroxylation is 1. The molecule has 0 saturated heterocycles. The van der Waals surface area contributed by atoms with E-state index in [1.54, 1.807) is 16.7 Å². The number of allylic oxidation sites excluding steroid dienone is 1. The number of fused-ring (bicyclic) bond motifs is 3. The van der Waals surface area contributed by atoms with Gasteiger partial charge in [0.05, 0.1) is 16.2 Å². The Kier molecular flexibility index (Phi) is 5.07. The second-order valence-electron chi connectivity index (χ2n) is 6.83. The van der Waals surface area contributed by atoms with Gasteiger partial charge in [0.25, 0.3) is 5.56 Å². The van der Waals surface area contributed by atoms with E-state index in [-0.39, 0.29) is 16.6 Å². The summed E-state index contributed by atoms with van der Waals surface area (Å²) in [5.41, 5.74) is 2.35. The maximum Gasteiger partial charge on any atom is 0.263 e. The summed E-state index contributed by atoms with van der Waals surface area (Å²) in [6, 6.07) is 14.9. The van der Waals surface area contributed by atoms with Crippen LogP contribution >= 0.6 is 11.8 Å². The molecule has 0 aliphatic carbocycles. The molecule has 2 aromatic heterocycles. The molecule has 146 valence electrons. The molecule has 2 heterocycles. The van der Waals surface area contributed by atoms with Crippen LogP contribution in [0.5, 0.6) is 0 Å². The number of para-hydroxylation sites is 1. The number of Topliss-reactive ketones (excluding diaryl/α,β-unsaturated/α-hetero) is 1. The first kappa shape index (κ1) is 19.1. The summed E-state index contributed by atoms with van der Waals surface area (Å²) in [6.45, 7) is 7.91. The van der Waals surface area contributed by atoms with E-state index in [0.29, 0.717) is 28.4 Å². The predicted molar refractivity (Wildman–Crippen MR) is 116 cm³/mol. The van der Waals surface area contributed by atoms with Crippen LogP contribution in [0.3, 0.4) is 0 Å². The summed E-state index contributed by atoms with van der Waals surface area (Å²) in [6.07, 6.45) is 1.65. The third kappa shape index (κ3) is 3.38. The standard InChI is InChI=1S/C22H20N4O2S/c1-4-13-25-20(28)17-7-5-6-8-18(17)26-21(25)23-24-22(26)29-15(3)19(27)16-11-9-14(2)10-12-16/h4-12,15H,1,13H2,2-3H3/t15-/m1/s1. The highest BCUT2D eigenvalue weighted by molar-refractivity contribution is 8.00. The number of rotatable bonds is 6. The molecular formula is C22H20N4O2S. The first-order chi connectivity index (χ1) is 14.0. The number of benzene rings is 2. The third-order valence-corrected chi connectivity index (χ3v) is 5.82. The third-order valence-electron chi connectivity index (χ3n) is 4.78. The van der Waals surface area contributed by atoms with Crippen LogP contribution in [0.15, 0.2) is 71.1 Å². The normalized spacial score (nSPS) is 12.3. The van der Waals surface area contributed by atoms with Crippen molar-refractivity contribution in [3.63, 3.8) is 0 Å². The van der Waals surface area contributed by atoms with Crippen LogP contribution in [0.4, 0.5) is 0 Å². The molecule has 2 aromatic carbocycles. The Hall–Kier alpha value is -3.19. The SMILES string of the molecule is C=CCn1c(=O)c2ccccc2n2c(S[C@H](C)C(=O)c3ccc(C)cc3)nnc12. The Labute approximate surface area is 171 Å². The molecule has 0 spiro atoms. The Balaban J connectivity index is 1.80. The van der Waals surface area contributed by atoms with Gasteiger partial charge in [-0.3, -0.25) is 18.6 Å². The number of ketones is 1. The van der Waals surface area contributed by atoms with Crippen LogP contribution in [0.1, 0.15) is 22.8 Å². The zero-order valence-electron chi connectivity index (χ0n) is 16.2. The van der Waals surface area contributed by atoms with Gasteiger partial charge in [0.1, 0.15) is 0 Å². The first-order valence-electron chi connectivity index (χ1n) is 9.26. The largest absolute Gasteiger partial charge is 0.293 e. The van der Waals surface area contributed by atoms with Crippen molar-refractivity contribution in [3.05, 3.63) is 82.7 Å². The van der Waals surface area contributed by atoms with Crippen molar-refractivity contribution in [1.82, 2.24) is 19.2 Å². The van der Waals surface area contributed by atoms with Gasteiger partial charge in [-0.05, 0) is 26.0 Å². The van der Waals surface area contributed by atoms with E-state index >= 15 is 0 Å². The lowest BCUT2D eigenvalue weighted by Gasteiger charge is -2.12. The molecule has 0 aliphatic rings. The Bertz CT molecular complexity index is 1290. The van der Waals surface area contributed by atoms with Crippen LogP contribution < -0.4 is 5.56 Å². The Morgan fingerprint density at radius 3 is 2.62 bits per heavy atom. The fraction of sp³-hybridized carbons (Fsp3) is 0.182. The summed E-state index contributed by atoms with van der Waals surface area (Å²) in [5.74, 6) is 0.460. The minimum absolute atomic E-state index is 0.0236. The highest BCUT2D eigenvalue weighted by atomic mass is 32.2. The van der Waals surface area contributed by atoms with Crippen LogP contribution in [0.25, 0.3) is 16.7 Å². The van der Waals surface area contributed by atoms with E-state index < -0.39 is 0 Å². The van der Waals surface area contributed by atoms with E-state index in [0.717, 1.165) is 11.1 Å². The minimum atomic E-state index is -0.358. The lowest BCUT2D eigenvalue weighted by Crippen LogP contribution is -2.23. The van der Waals surface area contributed by atoms with Crippen LogP contribution in [0, 0.1) is 6.92 Å². The lowest BCUT2D eigenvalue weighted by molar-refractivity contribution is 0.0994. The molecule has 0 aliphatic heterocycles. The van der Waals surface area contributed by atoms with Crippen molar-refractivity contribution in [3.8, 4) is 0 Å². The predicted octanol–water partition coefficient (Wildman–Crippen LogP) is 3.90. The Morgan fingerprint density at radius 1 is 1.17 bits per heavy atom. The molecule has 1 atom stereocenters. The highest BCUT2D eigenvalue weighted by Crippen LogP contribution is 2.27. The van der Waals surface area contributed by atoms with Gasteiger partial charge < -0.3 is 0 Å². The first-order valence-corrected chi connectivity index (χ1v) is 10.1. The number of aromatic nitrogens is 4. The van der Waals surface area contributed by atoms with E-state index in [9.17, 15) is 9.59 Å². The molecule has 0 amide bonds. The molecule has 0 fully saturated rings. The van der Waals surface area contributed by atoms with Crippen LogP contribution in [0.2, 0.25) is 0 Å². The molecule has 0 unspecified atom stereocenters. The molecule has 0 saturated carbocycles. The van der Waals surface area contributed by atoms with Crippen molar-refractivity contribution in [1.29, 1.82) is 0 Å². The van der Waals surface area contributed by atoms with E-state index in [2.05, 4.69) is 16.8 Å². The van der Waals surface area contributed by atoms with Gasteiger partial charge in [-0.25, -0.2) is 0 Å². The van der Waals surface area contributed by atoms with E-state index in [1.807, 2.05) is 60.7 Å². The zero-order chi connectivity index (χ0) is 20.5. The number of hydrogen-bond acceptors (Lipinski definition) is 5. The maximum atomic E-state index is 12.9. The average molecular weight is 404 g/mol. The van der Waals surface area contributed by atoms with Crippen molar-refractivity contribution in [2.24, 2.45) is 0 Å². The van der Waals surface area contributed by atoms with Gasteiger partial charge in [-0.15, -0.1) is 16.8 Å². The molecule has 4 aromatic rings. The number of hydrogen-bond donors (Lipinski definition) is 0. The summed E-state index contributed by atoms with van der Waals surface area (Å²) in [4.78, 5) is 25.7. The van der Waals surface area contributed by atoms with Crippen LogP contribution in [-0.2, 0) is 6.54 Å². The van der Waals surface area contributed by atoms with Gasteiger partial charge in [0.15, 0.2) is 10.9 Å². The van der Waals surface area contributed by atoms with Gasteiger partial charge >= 0.3 is 0 Å². The molecule has 6 nitrogen and oxygen atoms in total. The van der Waals surface area contributed by atoms with Crippen LogP contribution in [-0.4, -0.2) is 30.2 Å². The highest BCUT2D eigenvalue weighted by Gasteiger charge is 2.22. The quantitative estimate of drug-likeness (QED) is 0.277. The molecule has 29 heavy (non-hydrogen) atoms. The fourth-order valence-electron chi connectivity index (χ4n) is 3.27. The zero-order valence-corrected chi connectivity index (χ0v) is 17.0. The maximum absolute atomic E-state index is 12.9. The fourth-order valence-corrected chi connectivity index (χ4v) is 4.20. The molecule has 0 radical (unpaired) electrons. The summed E-state index contributed by atoms with van der Waals surface area (Å²) in [7, 11) is 0. The Morgan fingerprint density at radius 2 is 1.90 bits per heavy atom.